The van der Waals surface area contributed by atoms with Gasteiger partial charge in [-0.2, -0.15) is 11.8 Å². The first-order valence-corrected chi connectivity index (χ1v) is 13.0. The molecule has 0 saturated heterocycles. The second-order valence-corrected chi connectivity index (χ2v) is 10.0. The number of sulfonamides is 1. The van der Waals surface area contributed by atoms with Gasteiger partial charge in [0.1, 0.15) is 12.3 Å². The molecule has 2 aromatic carbocycles. The van der Waals surface area contributed by atoms with Crippen LogP contribution in [0.25, 0.3) is 0 Å². The minimum absolute atomic E-state index is 0.259. The van der Waals surface area contributed by atoms with Gasteiger partial charge < -0.3 is 10.1 Å². The molecule has 0 aromatic heterocycles. The summed E-state index contributed by atoms with van der Waals surface area (Å²) in [6.45, 7) is 2.63. The van der Waals surface area contributed by atoms with Crippen molar-refractivity contribution >= 4 is 45.0 Å². The van der Waals surface area contributed by atoms with Gasteiger partial charge in [0, 0.05) is 17.3 Å². The molecule has 0 aliphatic heterocycles. The van der Waals surface area contributed by atoms with E-state index < -0.39 is 10.0 Å². The summed E-state index contributed by atoms with van der Waals surface area (Å²) in [7, 11) is -3.59. The van der Waals surface area contributed by atoms with Crippen LogP contribution in [0.5, 0.6) is 5.75 Å². The van der Waals surface area contributed by atoms with E-state index in [1.54, 1.807) is 36.0 Å². The highest BCUT2D eigenvalue weighted by atomic mass is 35.5. The predicted octanol–water partition coefficient (Wildman–Crippen LogP) is 3.94. The Hall–Kier alpha value is -1.90. The first-order chi connectivity index (χ1) is 14.3. The van der Waals surface area contributed by atoms with Gasteiger partial charge in [0.15, 0.2) is 0 Å². The van der Waals surface area contributed by atoms with Crippen LogP contribution in [0.4, 0.5) is 5.69 Å². The Labute approximate surface area is 188 Å². The maximum atomic E-state index is 12.3. The highest BCUT2D eigenvalue weighted by Gasteiger charge is 2.20. The molecular formula is C21H27ClN2O4S2. The molecule has 0 fully saturated rings. The molecular weight excluding hydrogens is 444 g/mol. The predicted molar refractivity (Wildman–Crippen MR) is 125 cm³/mol. The standard InChI is InChI=1S/C21H27ClN2O4S2/c1-3-28-20-11-9-19(10-12-20)24(30(2,26)27)15-21(25)23-13-4-14-29-16-17-5-7-18(22)8-6-17/h5-12H,3-4,13-16H2,1-2H3,(H,23,25). The number of halogens is 1. The van der Waals surface area contributed by atoms with E-state index >= 15 is 0 Å². The summed E-state index contributed by atoms with van der Waals surface area (Å²) < 4.78 is 30.8. The number of carbonyl (C=O) groups excluding carboxylic acids is 1. The van der Waals surface area contributed by atoms with Gasteiger partial charge in [0.05, 0.1) is 18.6 Å². The molecule has 1 N–H and O–H groups in total. The molecule has 0 saturated carbocycles. The largest absolute Gasteiger partial charge is 0.494 e. The molecule has 0 heterocycles. The topological polar surface area (TPSA) is 75.7 Å². The van der Waals surface area contributed by atoms with Crippen molar-refractivity contribution in [1.82, 2.24) is 5.32 Å². The van der Waals surface area contributed by atoms with Crippen molar-refractivity contribution in [3.8, 4) is 5.75 Å². The fraction of sp³-hybridized carbons (Fsp3) is 0.381. The lowest BCUT2D eigenvalue weighted by molar-refractivity contribution is -0.119. The van der Waals surface area contributed by atoms with Crippen LogP contribution in [-0.2, 0) is 20.6 Å². The van der Waals surface area contributed by atoms with Gasteiger partial charge in [-0.3, -0.25) is 9.10 Å². The number of anilines is 1. The molecule has 2 rings (SSSR count). The maximum Gasteiger partial charge on any atom is 0.240 e. The monoisotopic (exact) mass is 470 g/mol. The molecule has 0 radical (unpaired) electrons. The molecule has 0 bridgehead atoms. The average Bonchev–Trinajstić information content (AvgIpc) is 2.70. The summed E-state index contributed by atoms with van der Waals surface area (Å²) in [6.07, 6.45) is 1.88. The summed E-state index contributed by atoms with van der Waals surface area (Å²) in [5.41, 5.74) is 1.63. The summed E-state index contributed by atoms with van der Waals surface area (Å²) >= 11 is 7.64. The van der Waals surface area contributed by atoms with Crippen LogP contribution in [0.1, 0.15) is 18.9 Å². The Morgan fingerprint density at radius 3 is 2.40 bits per heavy atom. The molecule has 2 aromatic rings. The van der Waals surface area contributed by atoms with Crippen molar-refractivity contribution in [2.45, 2.75) is 19.1 Å². The third-order valence-corrected chi connectivity index (χ3v) is 6.60. The number of carbonyl (C=O) groups is 1. The highest BCUT2D eigenvalue weighted by molar-refractivity contribution is 7.98. The lowest BCUT2D eigenvalue weighted by Gasteiger charge is -2.22. The zero-order valence-corrected chi connectivity index (χ0v) is 19.5. The Kier molecular flexibility index (Phi) is 9.81. The lowest BCUT2D eigenvalue weighted by atomic mass is 10.2. The van der Waals surface area contributed by atoms with Gasteiger partial charge in [-0.1, -0.05) is 23.7 Å². The molecule has 30 heavy (non-hydrogen) atoms. The van der Waals surface area contributed by atoms with Gasteiger partial charge in [0.25, 0.3) is 0 Å². The van der Waals surface area contributed by atoms with E-state index in [1.807, 2.05) is 31.2 Å². The van der Waals surface area contributed by atoms with Crippen molar-refractivity contribution in [2.24, 2.45) is 0 Å². The Balaban J connectivity index is 1.76. The van der Waals surface area contributed by atoms with E-state index in [9.17, 15) is 13.2 Å². The molecule has 0 spiro atoms. The van der Waals surface area contributed by atoms with E-state index in [4.69, 9.17) is 16.3 Å². The number of thioether (sulfide) groups is 1. The fourth-order valence-electron chi connectivity index (χ4n) is 2.63. The van der Waals surface area contributed by atoms with Gasteiger partial charge in [-0.15, -0.1) is 0 Å². The number of amides is 1. The van der Waals surface area contributed by atoms with E-state index in [0.717, 1.165) is 33.5 Å². The van der Waals surface area contributed by atoms with E-state index in [1.165, 1.54) is 5.56 Å². The minimum atomic E-state index is -3.59. The van der Waals surface area contributed by atoms with Crippen LogP contribution in [0.2, 0.25) is 5.02 Å². The van der Waals surface area contributed by atoms with Crippen molar-refractivity contribution in [2.75, 3.05) is 36.0 Å². The van der Waals surface area contributed by atoms with Crippen LogP contribution in [0.15, 0.2) is 48.5 Å². The normalized spacial score (nSPS) is 11.2. The first kappa shape index (κ1) is 24.4. The van der Waals surface area contributed by atoms with Gasteiger partial charge in [0.2, 0.25) is 15.9 Å². The number of nitrogens with one attached hydrogen (secondary N) is 1. The number of ether oxygens (including phenoxy) is 1. The summed E-state index contributed by atoms with van der Waals surface area (Å²) in [5.74, 6) is 2.08. The van der Waals surface area contributed by atoms with Gasteiger partial charge in [-0.25, -0.2) is 8.42 Å². The van der Waals surface area contributed by atoms with Crippen molar-refractivity contribution < 1.29 is 17.9 Å². The molecule has 0 aliphatic rings. The fourth-order valence-corrected chi connectivity index (χ4v) is 4.54. The second kappa shape index (κ2) is 12.1. The van der Waals surface area contributed by atoms with Gasteiger partial charge >= 0.3 is 0 Å². The molecule has 0 atom stereocenters. The van der Waals surface area contributed by atoms with E-state index in [-0.39, 0.29) is 12.5 Å². The Morgan fingerprint density at radius 2 is 1.80 bits per heavy atom. The number of hydrogen-bond donors (Lipinski definition) is 1. The molecule has 0 aliphatic carbocycles. The number of nitrogens with zero attached hydrogens (tertiary/aromatic N) is 1. The van der Waals surface area contributed by atoms with Gasteiger partial charge in [-0.05, 0) is 61.1 Å². The third-order valence-electron chi connectivity index (χ3n) is 4.09. The average molecular weight is 471 g/mol. The zero-order chi connectivity index (χ0) is 22.0. The quantitative estimate of drug-likeness (QED) is 0.475. The minimum Gasteiger partial charge on any atom is -0.494 e. The second-order valence-electron chi connectivity index (χ2n) is 6.58. The van der Waals surface area contributed by atoms with Crippen LogP contribution in [0.3, 0.4) is 0 Å². The SMILES string of the molecule is CCOc1ccc(N(CC(=O)NCCCSCc2ccc(Cl)cc2)S(C)(=O)=O)cc1. The van der Waals surface area contributed by atoms with E-state index in [2.05, 4.69) is 5.32 Å². The molecule has 0 unspecified atom stereocenters. The van der Waals surface area contributed by atoms with E-state index in [0.29, 0.717) is 24.6 Å². The highest BCUT2D eigenvalue weighted by Crippen LogP contribution is 2.21. The summed E-state index contributed by atoms with van der Waals surface area (Å²) in [5, 5.41) is 3.51. The van der Waals surface area contributed by atoms with Crippen LogP contribution >= 0.6 is 23.4 Å². The van der Waals surface area contributed by atoms with Crippen LogP contribution in [0, 0.1) is 0 Å². The molecule has 1 amide bonds. The molecule has 6 nitrogen and oxygen atoms in total. The molecule has 164 valence electrons. The van der Waals surface area contributed by atoms with Crippen molar-refractivity contribution in [3.63, 3.8) is 0 Å². The number of hydrogen-bond acceptors (Lipinski definition) is 5. The maximum absolute atomic E-state index is 12.3. The third kappa shape index (κ3) is 8.45. The number of benzene rings is 2. The summed E-state index contributed by atoms with van der Waals surface area (Å²) in [6, 6.07) is 14.4. The van der Waals surface area contributed by atoms with Crippen molar-refractivity contribution in [1.29, 1.82) is 0 Å². The molecule has 9 heteroatoms. The Bertz CT molecular complexity index is 904. The number of rotatable bonds is 12. The smallest absolute Gasteiger partial charge is 0.240 e. The van der Waals surface area contributed by atoms with Crippen LogP contribution in [-0.4, -0.2) is 46.0 Å². The van der Waals surface area contributed by atoms with Crippen molar-refractivity contribution in [3.05, 3.63) is 59.1 Å². The van der Waals surface area contributed by atoms with Crippen LogP contribution < -0.4 is 14.4 Å². The Morgan fingerprint density at radius 1 is 1.13 bits per heavy atom. The first-order valence-electron chi connectivity index (χ1n) is 9.59. The summed E-state index contributed by atoms with van der Waals surface area (Å²) in [4.78, 5) is 12.3. The lowest BCUT2D eigenvalue weighted by Crippen LogP contribution is -2.40. The zero-order valence-electron chi connectivity index (χ0n) is 17.1.